The quantitative estimate of drug-likeness (QED) is 0.165. The summed E-state index contributed by atoms with van der Waals surface area (Å²) < 4.78 is 5.94. The molecule has 7 nitrogen and oxygen atoms in total. The summed E-state index contributed by atoms with van der Waals surface area (Å²) in [6.45, 7) is 4.01. The summed E-state index contributed by atoms with van der Waals surface area (Å²) in [7, 11) is 0. The van der Waals surface area contributed by atoms with Crippen LogP contribution >= 0.6 is 0 Å². The van der Waals surface area contributed by atoms with Crippen LogP contribution in [0.5, 0.6) is 17.2 Å². The summed E-state index contributed by atoms with van der Waals surface area (Å²) >= 11 is 0. The molecule has 7 heteroatoms. The summed E-state index contributed by atoms with van der Waals surface area (Å²) in [6.07, 6.45) is 0. The number of phenols is 2. The first-order chi connectivity index (χ1) is 18.7. The largest absolute Gasteiger partial charge is 0.508 e. The lowest BCUT2D eigenvalue weighted by atomic mass is 9.94. The molecular formula is C32H27NO6. The smallest absolute Gasteiger partial charge is 0.300 e. The fraction of sp³-hybridized carbons (Fsp3) is 0.125. The van der Waals surface area contributed by atoms with Crippen LogP contribution in [-0.4, -0.2) is 27.0 Å². The number of carbonyl (C=O) groups excluding carboxylic acids is 2. The van der Waals surface area contributed by atoms with Gasteiger partial charge in [-0.25, -0.2) is 0 Å². The lowest BCUT2D eigenvalue weighted by molar-refractivity contribution is -0.132. The molecule has 0 aliphatic carbocycles. The van der Waals surface area contributed by atoms with E-state index in [-0.39, 0.29) is 28.5 Å². The number of phenolic OH excluding ortho intramolecular Hbond substituents is 2. The van der Waals surface area contributed by atoms with Gasteiger partial charge in [-0.1, -0.05) is 48.5 Å². The molecule has 1 unspecified atom stereocenters. The first kappa shape index (κ1) is 25.6. The van der Waals surface area contributed by atoms with Gasteiger partial charge in [0.2, 0.25) is 0 Å². The van der Waals surface area contributed by atoms with Gasteiger partial charge in [-0.15, -0.1) is 0 Å². The van der Waals surface area contributed by atoms with Crippen molar-refractivity contribution in [1.82, 2.24) is 0 Å². The van der Waals surface area contributed by atoms with Gasteiger partial charge in [0.25, 0.3) is 11.7 Å². The molecule has 1 aliphatic heterocycles. The van der Waals surface area contributed by atoms with E-state index in [4.69, 9.17) is 4.74 Å². The Bertz CT molecular complexity index is 1590. The molecule has 4 aromatic rings. The Morgan fingerprint density at radius 1 is 0.872 bits per heavy atom. The molecule has 196 valence electrons. The van der Waals surface area contributed by atoms with E-state index < -0.39 is 17.7 Å². The fourth-order valence-corrected chi connectivity index (χ4v) is 4.73. The van der Waals surface area contributed by atoms with Crippen LogP contribution in [0.15, 0.2) is 96.6 Å². The Morgan fingerprint density at radius 2 is 1.59 bits per heavy atom. The van der Waals surface area contributed by atoms with Crippen molar-refractivity contribution in [3.63, 3.8) is 0 Å². The Balaban J connectivity index is 1.58. The number of carbonyl (C=O) groups is 2. The van der Waals surface area contributed by atoms with Gasteiger partial charge >= 0.3 is 0 Å². The van der Waals surface area contributed by atoms with Crippen LogP contribution in [0.3, 0.4) is 0 Å². The zero-order valence-corrected chi connectivity index (χ0v) is 21.5. The van der Waals surface area contributed by atoms with Gasteiger partial charge in [0.05, 0.1) is 17.3 Å². The lowest BCUT2D eigenvalue weighted by Crippen LogP contribution is -2.29. The number of aliphatic hydroxyl groups excluding tert-OH is 1. The van der Waals surface area contributed by atoms with Gasteiger partial charge in [0.15, 0.2) is 0 Å². The molecule has 0 aromatic heterocycles. The van der Waals surface area contributed by atoms with Crippen molar-refractivity contribution in [3.8, 4) is 17.2 Å². The van der Waals surface area contributed by atoms with Crippen molar-refractivity contribution >= 4 is 23.1 Å². The molecular weight excluding hydrogens is 494 g/mol. The number of nitrogens with zero attached hydrogens (tertiary/aromatic N) is 1. The molecule has 1 saturated heterocycles. The highest BCUT2D eigenvalue weighted by Crippen LogP contribution is 2.45. The number of aliphatic hydroxyl groups is 1. The number of ether oxygens (including phenoxy) is 1. The normalized spacial score (nSPS) is 16.5. The van der Waals surface area contributed by atoms with E-state index >= 15 is 0 Å². The van der Waals surface area contributed by atoms with Gasteiger partial charge in [-0.2, -0.15) is 0 Å². The maximum Gasteiger partial charge on any atom is 0.300 e. The van der Waals surface area contributed by atoms with Gasteiger partial charge in [-0.05, 0) is 78.6 Å². The first-order valence-corrected chi connectivity index (χ1v) is 12.4. The third-order valence-corrected chi connectivity index (χ3v) is 6.73. The summed E-state index contributed by atoms with van der Waals surface area (Å²) in [6, 6.07) is 24.5. The number of hydrogen-bond acceptors (Lipinski definition) is 6. The number of aryl methyl sites for hydroxylation is 2. The molecule has 39 heavy (non-hydrogen) atoms. The summed E-state index contributed by atoms with van der Waals surface area (Å²) in [4.78, 5) is 27.9. The maximum absolute atomic E-state index is 13.4. The molecule has 1 amide bonds. The molecule has 5 rings (SSSR count). The summed E-state index contributed by atoms with van der Waals surface area (Å²) in [5.74, 6) is -1.66. The minimum Gasteiger partial charge on any atom is -0.508 e. The van der Waals surface area contributed by atoms with E-state index in [0.29, 0.717) is 23.5 Å². The standard InChI is InChI=1S/C32H27NO6/c1-19-8-14-26(35)25(16-19)33-29(22-9-12-24(34)13-10-22)28(31(37)32(33)38)30(36)23-11-15-27(20(2)17-23)39-18-21-6-4-3-5-7-21/h3-17,29,34-36H,18H2,1-2H3/b30-28-. The minimum absolute atomic E-state index is 0.0100. The van der Waals surface area contributed by atoms with Crippen LogP contribution in [0.25, 0.3) is 5.76 Å². The summed E-state index contributed by atoms with van der Waals surface area (Å²) in [5.41, 5.74) is 3.37. The van der Waals surface area contributed by atoms with Crippen LogP contribution < -0.4 is 9.64 Å². The third-order valence-electron chi connectivity index (χ3n) is 6.73. The second kappa shape index (κ2) is 10.4. The van der Waals surface area contributed by atoms with E-state index in [0.717, 1.165) is 16.7 Å². The molecule has 1 heterocycles. The predicted octanol–water partition coefficient (Wildman–Crippen LogP) is 5.92. The summed E-state index contributed by atoms with van der Waals surface area (Å²) in [5, 5.41) is 31.9. The van der Waals surface area contributed by atoms with Crippen molar-refractivity contribution in [2.45, 2.75) is 26.5 Å². The molecule has 4 aromatic carbocycles. The molecule has 0 bridgehead atoms. The van der Waals surface area contributed by atoms with Gasteiger partial charge in [-0.3, -0.25) is 14.5 Å². The van der Waals surface area contributed by atoms with Crippen LogP contribution in [0, 0.1) is 13.8 Å². The van der Waals surface area contributed by atoms with E-state index in [2.05, 4.69) is 0 Å². The van der Waals surface area contributed by atoms with Crippen molar-refractivity contribution in [2.24, 2.45) is 0 Å². The van der Waals surface area contributed by atoms with Crippen molar-refractivity contribution in [2.75, 3.05) is 4.90 Å². The number of rotatable bonds is 6. The van der Waals surface area contributed by atoms with Crippen LogP contribution in [0.2, 0.25) is 0 Å². The van der Waals surface area contributed by atoms with Gasteiger partial charge in [0, 0.05) is 5.56 Å². The Labute approximate surface area is 225 Å². The van der Waals surface area contributed by atoms with Crippen LogP contribution in [0.1, 0.15) is 33.9 Å². The number of amides is 1. The predicted molar refractivity (Wildman–Crippen MR) is 148 cm³/mol. The number of aromatic hydroxyl groups is 2. The van der Waals surface area contributed by atoms with Crippen molar-refractivity contribution in [1.29, 1.82) is 0 Å². The van der Waals surface area contributed by atoms with E-state index in [1.54, 1.807) is 49.4 Å². The SMILES string of the molecule is Cc1ccc(O)c(N2C(=O)C(=O)/C(=C(\O)c3ccc(OCc4ccccc4)c(C)c3)C2c2ccc(O)cc2)c1. The molecule has 0 radical (unpaired) electrons. The number of benzene rings is 4. The number of Topliss-reactive ketones (excluding diaryl/α,β-unsaturated/α-hetero) is 1. The van der Waals surface area contributed by atoms with Crippen molar-refractivity contribution < 1.29 is 29.6 Å². The van der Waals surface area contributed by atoms with Crippen LogP contribution in [-0.2, 0) is 16.2 Å². The average Bonchev–Trinajstić information content (AvgIpc) is 3.19. The third kappa shape index (κ3) is 4.94. The van der Waals surface area contributed by atoms with E-state index in [1.165, 1.54) is 23.1 Å². The molecule has 1 aliphatic rings. The van der Waals surface area contributed by atoms with E-state index in [1.807, 2.05) is 37.3 Å². The average molecular weight is 522 g/mol. The highest BCUT2D eigenvalue weighted by Gasteiger charge is 2.47. The first-order valence-electron chi connectivity index (χ1n) is 12.4. The molecule has 1 fully saturated rings. The van der Waals surface area contributed by atoms with Gasteiger partial charge in [0.1, 0.15) is 29.6 Å². The zero-order chi connectivity index (χ0) is 27.7. The lowest BCUT2D eigenvalue weighted by Gasteiger charge is -2.26. The van der Waals surface area contributed by atoms with Gasteiger partial charge < -0.3 is 20.1 Å². The number of hydrogen-bond donors (Lipinski definition) is 3. The molecule has 3 N–H and O–H groups in total. The number of anilines is 1. The topological polar surface area (TPSA) is 107 Å². The molecule has 0 saturated carbocycles. The highest BCUT2D eigenvalue weighted by molar-refractivity contribution is 6.52. The maximum atomic E-state index is 13.4. The highest BCUT2D eigenvalue weighted by atomic mass is 16.5. The number of ketones is 1. The fourth-order valence-electron chi connectivity index (χ4n) is 4.73. The second-order valence-corrected chi connectivity index (χ2v) is 9.51. The Hall–Kier alpha value is -5.04. The second-order valence-electron chi connectivity index (χ2n) is 9.51. The van der Waals surface area contributed by atoms with E-state index in [9.17, 15) is 24.9 Å². The van der Waals surface area contributed by atoms with Crippen molar-refractivity contribution in [3.05, 3.63) is 124 Å². The minimum atomic E-state index is -1.03. The Morgan fingerprint density at radius 3 is 2.28 bits per heavy atom. The zero-order valence-electron chi connectivity index (χ0n) is 21.5. The molecule has 0 spiro atoms. The van der Waals surface area contributed by atoms with Crippen LogP contribution in [0.4, 0.5) is 5.69 Å². The Kier molecular flexibility index (Phi) is 6.81. The monoisotopic (exact) mass is 521 g/mol. The molecule has 1 atom stereocenters.